The Morgan fingerprint density at radius 3 is 2.87 bits per heavy atom. The van der Waals surface area contributed by atoms with Gasteiger partial charge in [0.15, 0.2) is 5.58 Å². The highest BCUT2D eigenvalue weighted by Crippen LogP contribution is 2.33. The van der Waals surface area contributed by atoms with E-state index in [0.29, 0.717) is 26.9 Å². The lowest BCUT2D eigenvalue weighted by molar-refractivity contribution is 0.0996. The summed E-state index contributed by atoms with van der Waals surface area (Å²) in [6.07, 6.45) is 1.46. The normalized spacial score (nSPS) is 10.5. The molecule has 0 fully saturated rings. The number of anilines is 2. The second-order valence-corrected chi connectivity index (χ2v) is 5.40. The summed E-state index contributed by atoms with van der Waals surface area (Å²) < 4.78 is 19.6. The SMILES string of the molecule is N#Cc1cc2c(Br)c(Nc3ccc(C(N)=O)c(F)c3)ncc2o1. The number of aromatic nitrogens is 1. The molecule has 6 nitrogen and oxygen atoms in total. The topological polar surface area (TPSA) is 105 Å². The highest BCUT2D eigenvalue weighted by molar-refractivity contribution is 9.10. The van der Waals surface area contributed by atoms with Gasteiger partial charge in [-0.05, 0) is 34.1 Å². The van der Waals surface area contributed by atoms with Gasteiger partial charge in [0.1, 0.15) is 17.7 Å². The molecule has 1 amide bonds. The van der Waals surface area contributed by atoms with E-state index < -0.39 is 11.7 Å². The van der Waals surface area contributed by atoms with E-state index in [2.05, 4.69) is 26.2 Å². The number of amides is 1. The van der Waals surface area contributed by atoms with Crippen LogP contribution in [0.5, 0.6) is 0 Å². The average molecular weight is 375 g/mol. The van der Waals surface area contributed by atoms with Crippen molar-refractivity contribution in [2.45, 2.75) is 0 Å². The Kier molecular flexibility index (Phi) is 3.72. The third-order valence-corrected chi connectivity index (χ3v) is 3.93. The standard InChI is InChI=1S/C15H8BrFN4O2/c16-13-10-4-8(5-18)23-12(10)6-20-15(13)21-7-1-2-9(14(19)22)11(17)3-7/h1-4,6H,(H2,19,22)(H,20,21). The molecule has 0 bridgehead atoms. The molecule has 0 radical (unpaired) electrons. The number of hydrogen-bond donors (Lipinski definition) is 2. The first kappa shape index (κ1) is 15.0. The maximum atomic E-state index is 13.8. The first-order chi connectivity index (χ1) is 11.0. The van der Waals surface area contributed by atoms with E-state index in [-0.39, 0.29) is 11.3 Å². The van der Waals surface area contributed by atoms with Gasteiger partial charge in [-0.1, -0.05) is 0 Å². The van der Waals surface area contributed by atoms with E-state index in [1.807, 2.05) is 6.07 Å². The fraction of sp³-hybridized carbons (Fsp3) is 0. The minimum atomic E-state index is -0.836. The van der Waals surface area contributed by atoms with Gasteiger partial charge in [0.05, 0.1) is 16.2 Å². The van der Waals surface area contributed by atoms with Gasteiger partial charge in [-0.25, -0.2) is 9.37 Å². The van der Waals surface area contributed by atoms with Gasteiger partial charge >= 0.3 is 0 Å². The smallest absolute Gasteiger partial charge is 0.251 e. The van der Waals surface area contributed by atoms with Crippen LogP contribution in [0.3, 0.4) is 0 Å². The molecular formula is C15H8BrFN4O2. The lowest BCUT2D eigenvalue weighted by Crippen LogP contribution is -2.13. The molecule has 0 spiro atoms. The molecule has 0 aliphatic rings. The number of nitrogens with one attached hydrogen (secondary N) is 1. The molecule has 114 valence electrons. The zero-order chi connectivity index (χ0) is 16.6. The van der Waals surface area contributed by atoms with Crippen molar-refractivity contribution in [1.82, 2.24) is 4.98 Å². The van der Waals surface area contributed by atoms with Crippen molar-refractivity contribution in [2.24, 2.45) is 5.73 Å². The zero-order valence-electron chi connectivity index (χ0n) is 11.4. The highest BCUT2D eigenvalue weighted by atomic mass is 79.9. The largest absolute Gasteiger partial charge is 0.444 e. The molecule has 0 aliphatic heterocycles. The number of primary amides is 1. The molecule has 0 aliphatic carbocycles. The molecule has 1 aromatic carbocycles. The van der Waals surface area contributed by atoms with Crippen LogP contribution in [0.4, 0.5) is 15.9 Å². The molecule has 3 rings (SSSR count). The van der Waals surface area contributed by atoms with Crippen LogP contribution in [0.1, 0.15) is 16.1 Å². The number of nitriles is 1. The summed E-state index contributed by atoms with van der Waals surface area (Å²) in [7, 11) is 0. The number of halogens is 2. The third kappa shape index (κ3) is 2.74. The van der Waals surface area contributed by atoms with E-state index in [1.54, 1.807) is 6.07 Å². The maximum Gasteiger partial charge on any atom is 0.251 e. The monoisotopic (exact) mass is 374 g/mol. The minimum Gasteiger partial charge on any atom is -0.444 e. The summed E-state index contributed by atoms with van der Waals surface area (Å²) in [4.78, 5) is 15.2. The molecule has 3 aromatic rings. The van der Waals surface area contributed by atoms with Crippen molar-refractivity contribution in [3.63, 3.8) is 0 Å². The van der Waals surface area contributed by atoms with Gasteiger partial charge in [0.25, 0.3) is 5.91 Å². The van der Waals surface area contributed by atoms with Crippen molar-refractivity contribution in [1.29, 1.82) is 5.26 Å². The van der Waals surface area contributed by atoms with Gasteiger partial charge in [0.2, 0.25) is 5.76 Å². The van der Waals surface area contributed by atoms with E-state index in [1.165, 1.54) is 18.3 Å². The third-order valence-electron chi connectivity index (χ3n) is 3.12. The Balaban J connectivity index is 1.98. The predicted molar refractivity (Wildman–Crippen MR) is 84.6 cm³/mol. The van der Waals surface area contributed by atoms with Gasteiger partial charge in [-0.2, -0.15) is 5.26 Å². The van der Waals surface area contributed by atoms with Crippen LogP contribution in [0.2, 0.25) is 0 Å². The van der Waals surface area contributed by atoms with Crippen molar-refractivity contribution in [2.75, 3.05) is 5.32 Å². The van der Waals surface area contributed by atoms with Crippen LogP contribution in [0, 0.1) is 17.1 Å². The zero-order valence-corrected chi connectivity index (χ0v) is 13.0. The van der Waals surface area contributed by atoms with Crippen LogP contribution < -0.4 is 11.1 Å². The molecule has 0 unspecified atom stereocenters. The molecule has 2 aromatic heterocycles. The Bertz CT molecular complexity index is 978. The summed E-state index contributed by atoms with van der Waals surface area (Å²) in [5.41, 5.74) is 5.72. The number of furan rings is 1. The Labute approximate surface area is 137 Å². The lowest BCUT2D eigenvalue weighted by atomic mass is 10.2. The fourth-order valence-electron chi connectivity index (χ4n) is 2.05. The fourth-order valence-corrected chi connectivity index (χ4v) is 2.56. The molecule has 0 atom stereocenters. The number of pyridine rings is 1. The van der Waals surface area contributed by atoms with Crippen molar-refractivity contribution >= 4 is 44.3 Å². The van der Waals surface area contributed by atoms with Crippen LogP contribution in [0.25, 0.3) is 11.0 Å². The Morgan fingerprint density at radius 2 is 2.22 bits per heavy atom. The number of hydrogen-bond acceptors (Lipinski definition) is 5. The average Bonchev–Trinajstić information content (AvgIpc) is 2.94. The van der Waals surface area contributed by atoms with E-state index in [0.717, 1.165) is 6.07 Å². The molecule has 3 N–H and O–H groups in total. The van der Waals surface area contributed by atoms with Crippen LogP contribution in [-0.4, -0.2) is 10.9 Å². The number of fused-ring (bicyclic) bond motifs is 1. The number of rotatable bonds is 3. The van der Waals surface area contributed by atoms with E-state index >= 15 is 0 Å². The first-order valence-electron chi connectivity index (χ1n) is 6.34. The van der Waals surface area contributed by atoms with Gasteiger partial charge < -0.3 is 15.5 Å². The second-order valence-electron chi connectivity index (χ2n) is 4.61. The highest BCUT2D eigenvalue weighted by Gasteiger charge is 2.13. The molecular weight excluding hydrogens is 367 g/mol. The predicted octanol–water partition coefficient (Wildman–Crippen LogP) is 3.44. The maximum absolute atomic E-state index is 13.8. The number of carbonyl (C=O) groups excluding carboxylic acids is 1. The van der Waals surface area contributed by atoms with Crippen LogP contribution in [-0.2, 0) is 0 Å². The number of nitrogens with two attached hydrogens (primary N) is 1. The van der Waals surface area contributed by atoms with Crippen molar-refractivity contribution in [3.8, 4) is 6.07 Å². The van der Waals surface area contributed by atoms with Gasteiger partial charge in [0, 0.05) is 17.1 Å². The minimum absolute atomic E-state index is 0.163. The van der Waals surface area contributed by atoms with Gasteiger partial charge in [-0.3, -0.25) is 4.79 Å². The Morgan fingerprint density at radius 1 is 1.43 bits per heavy atom. The summed E-state index contributed by atoms with van der Waals surface area (Å²) in [5.74, 6) is -0.988. The van der Waals surface area contributed by atoms with Crippen molar-refractivity contribution in [3.05, 3.63) is 52.1 Å². The first-order valence-corrected chi connectivity index (χ1v) is 7.13. The number of benzene rings is 1. The van der Waals surface area contributed by atoms with E-state index in [9.17, 15) is 9.18 Å². The summed E-state index contributed by atoms with van der Waals surface area (Å²) >= 11 is 3.38. The quantitative estimate of drug-likeness (QED) is 0.730. The van der Waals surface area contributed by atoms with Crippen LogP contribution in [0.15, 0.2) is 39.4 Å². The molecule has 8 heteroatoms. The molecule has 0 saturated carbocycles. The van der Waals surface area contributed by atoms with Crippen molar-refractivity contribution < 1.29 is 13.6 Å². The number of nitrogens with zero attached hydrogens (tertiary/aromatic N) is 2. The van der Waals surface area contributed by atoms with Crippen LogP contribution >= 0.6 is 15.9 Å². The molecule has 23 heavy (non-hydrogen) atoms. The molecule has 2 heterocycles. The second kappa shape index (κ2) is 5.70. The summed E-state index contributed by atoms with van der Waals surface area (Å²) in [6, 6.07) is 7.43. The van der Waals surface area contributed by atoms with Gasteiger partial charge in [-0.15, -0.1) is 0 Å². The Hall–Kier alpha value is -2.92. The van der Waals surface area contributed by atoms with E-state index in [4.69, 9.17) is 15.4 Å². The lowest BCUT2D eigenvalue weighted by Gasteiger charge is -2.09. The number of carbonyl (C=O) groups is 1. The summed E-state index contributed by atoms with van der Waals surface area (Å²) in [5, 5.41) is 12.4. The summed E-state index contributed by atoms with van der Waals surface area (Å²) in [6.45, 7) is 0. The molecule has 0 saturated heterocycles.